The minimum atomic E-state index is 0.459. The summed E-state index contributed by atoms with van der Waals surface area (Å²) in [4.78, 5) is 18.2. The molecule has 1 heterocycles. The lowest BCUT2D eigenvalue weighted by atomic mass is 10.2. The van der Waals surface area contributed by atoms with Gasteiger partial charge in [-0.25, -0.2) is 4.98 Å². The molecular weight excluding hydrogens is 208 g/mol. The lowest BCUT2D eigenvalue weighted by Gasteiger charge is -2.22. The van der Waals surface area contributed by atoms with Crippen molar-refractivity contribution in [2.24, 2.45) is 0 Å². The fourth-order valence-corrected chi connectivity index (χ4v) is 2.34. The van der Waals surface area contributed by atoms with Crippen LogP contribution < -0.4 is 4.90 Å². The first-order chi connectivity index (χ1) is 7.13. The summed E-state index contributed by atoms with van der Waals surface area (Å²) in [7, 11) is 2.03. The Balaban J connectivity index is 2.95. The molecule has 0 saturated heterocycles. The zero-order valence-electron chi connectivity index (χ0n) is 9.78. The number of thiazole rings is 1. The smallest absolute Gasteiger partial charge is 0.186 e. The van der Waals surface area contributed by atoms with Crippen molar-refractivity contribution < 1.29 is 4.79 Å². The topological polar surface area (TPSA) is 33.2 Å². The maximum absolute atomic E-state index is 10.8. The molecular formula is C11H18N2OS. The standard InChI is InChI=1S/C11H18N2OS/c1-5-8(3)13(4)11-12-9(6-2)10(7-14)15-11/h7-8H,5-6H2,1-4H3. The Labute approximate surface area is 95.1 Å². The van der Waals surface area contributed by atoms with Crippen molar-refractivity contribution in [2.75, 3.05) is 11.9 Å². The van der Waals surface area contributed by atoms with Gasteiger partial charge < -0.3 is 4.90 Å². The van der Waals surface area contributed by atoms with Gasteiger partial charge in [-0.3, -0.25) is 4.79 Å². The first-order valence-electron chi connectivity index (χ1n) is 5.31. The molecule has 0 aliphatic rings. The van der Waals surface area contributed by atoms with E-state index in [1.165, 1.54) is 11.3 Å². The zero-order valence-corrected chi connectivity index (χ0v) is 10.6. The molecule has 1 atom stereocenters. The second-order valence-electron chi connectivity index (χ2n) is 3.65. The third-order valence-corrected chi connectivity index (χ3v) is 3.83. The Bertz CT molecular complexity index is 335. The molecule has 0 amide bonds. The third kappa shape index (κ3) is 2.56. The van der Waals surface area contributed by atoms with Crippen LogP contribution in [0, 0.1) is 0 Å². The molecule has 0 saturated carbocycles. The van der Waals surface area contributed by atoms with Gasteiger partial charge in [-0.2, -0.15) is 0 Å². The predicted molar refractivity (Wildman–Crippen MR) is 65.0 cm³/mol. The van der Waals surface area contributed by atoms with Gasteiger partial charge in [-0.05, 0) is 19.8 Å². The summed E-state index contributed by atoms with van der Waals surface area (Å²) in [5, 5.41) is 0.948. The molecule has 1 unspecified atom stereocenters. The van der Waals surface area contributed by atoms with Crippen LogP contribution in [0.5, 0.6) is 0 Å². The lowest BCUT2D eigenvalue weighted by Crippen LogP contribution is -2.27. The van der Waals surface area contributed by atoms with Crippen molar-refractivity contribution in [2.45, 2.75) is 39.7 Å². The second-order valence-corrected chi connectivity index (χ2v) is 4.66. The summed E-state index contributed by atoms with van der Waals surface area (Å²) >= 11 is 1.48. The lowest BCUT2D eigenvalue weighted by molar-refractivity contribution is 0.112. The molecule has 0 bridgehead atoms. The van der Waals surface area contributed by atoms with Gasteiger partial charge in [-0.15, -0.1) is 0 Å². The van der Waals surface area contributed by atoms with E-state index in [-0.39, 0.29) is 0 Å². The van der Waals surface area contributed by atoms with Crippen molar-refractivity contribution >= 4 is 22.8 Å². The third-order valence-electron chi connectivity index (χ3n) is 2.71. The summed E-state index contributed by atoms with van der Waals surface area (Å²) in [5.74, 6) is 0. The first-order valence-corrected chi connectivity index (χ1v) is 6.13. The van der Waals surface area contributed by atoms with E-state index in [1.807, 2.05) is 14.0 Å². The Hall–Kier alpha value is -0.900. The second kappa shape index (κ2) is 5.26. The molecule has 15 heavy (non-hydrogen) atoms. The predicted octanol–water partition coefficient (Wildman–Crippen LogP) is 2.75. The van der Waals surface area contributed by atoms with Crippen molar-refractivity contribution in [1.29, 1.82) is 0 Å². The fourth-order valence-electron chi connectivity index (χ4n) is 1.31. The molecule has 3 nitrogen and oxygen atoms in total. The van der Waals surface area contributed by atoms with Crippen molar-refractivity contribution in [3.8, 4) is 0 Å². The summed E-state index contributed by atoms with van der Waals surface area (Å²) in [6, 6.07) is 0.459. The van der Waals surface area contributed by atoms with Crippen LogP contribution in [0.25, 0.3) is 0 Å². The number of rotatable bonds is 5. The number of carbonyl (C=O) groups excluding carboxylic acids is 1. The number of aryl methyl sites for hydroxylation is 1. The van der Waals surface area contributed by atoms with Gasteiger partial charge in [0.15, 0.2) is 11.4 Å². The number of nitrogens with zero attached hydrogens (tertiary/aromatic N) is 2. The molecule has 0 aromatic carbocycles. The van der Waals surface area contributed by atoms with Gasteiger partial charge in [0, 0.05) is 13.1 Å². The minimum Gasteiger partial charge on any atom is -0.348 e. The van der Waals surface area contributed by atoms with Crippen LogP contribution >= 0.6 is 11.3 Å². The van der Waals surface area contributed by atoms with Crippen molar-refractivity contribution in [1.82, 2.24) is 4.98 Å². The van der Waals surface area contributed by atoms with Crippen LogP contribution in [0.1, 0.15) is 42.6 Å². The molecule has 0 radical (unpaired) electrons. The largest absolute Gasteiger partial charge is 0.348 e. The summed E-state index contributed by atoms with van der Waals surface area (Å²) in [6.07, 6.45) is 2.80. The maximum Gasteiger partial charge on any atom is 0.186 e. The summed E-state index contributed by atoms with van der Waals surface area (Å²) in [6.45, 7) is 6.33. The van der Waals surface area contributed by atoms with Gasteiger partial charge in [0.05, 0.1) is 10.6 Å². The van der Waals surface area contributed by atoms with Gasteiger partial charge in [0.1, 0.15) is 0 Å². The normalized spacial score (nSPS) is 12.5. The van der Waals surface area contributed by atoms with E-state index in [9.17, 15) is 4.79 Å². The Morgan fingerprint density at radius 1 is 1.53 bits per heavy atom. The highest BCUT2D eigenvalue weighted by atomic mass is 32.1. The molecule has 1 aromatic heterocycles. The molecule has 0 aliphatic carbocycles. The minimum absolute atomic E-state index is 0.459. The number of anilines is 1. The highest BCUT2D eigenvalue weighted by molar-refractivity contribution is 7.17. The number of aromatic nitrogens is 1. The molecule has 0 spiro atoms. The quantitative estimate of drug-likeness (QED) is 0.724. The molecule has 0 fully saturated rings. The Morgan fingerprint density at radius 2 is 2.20 bits per heavy atom. The van der Waals surface area contributed by atoms with E-state index in [2.05, 4.69) is 23.7 Å². The number of aldehydes is 1. The van der Waals surface area contributed by atoms with Crippen LogP contribution in [0.15, 0.2) is 0 Å². The Kier molecular flexibility index (Phi) is 4.27. The van der Waals surface area contributed by atoms with Crippen LogP contribution in [0.4, 0.5) is 5.13 Å². The van der Waals surface area contributed by atoms with Gasteiger partial charge in [0.2, 0.25) is 0 Å². The van der Waals surface area contributed by atoms with E-state index >= 15 is 0 Å². The van der Waals surface area contributed by atoms with E-state index in [4.69, 9.17) is 0 Å². The number of carbonyl (C=O) groups is 1. The number of hydrogen-bond acceptors (Lipinski definition) is 4. The van der Waals surface area contributed by atoms with Crippen LogP contribution in [0.3, 0.4) is 0 Å². The van der Waals surface area contributed by atoms with Crippen molar-refractivity contribution in [3.63, 3.8) is 0 Å². The van der Waals surface area contributed by atoms with E-state index in [1.54, 1.807) is 0 Å². The molecule has 0 N–H and O–H groups in total. The van der Waals surface area contributed by atoms with Gasteiger partial charge >= 0.3 is 0 Å². The van der Waals surface area contributed by atoms with Gasteiger partial charge in [0.25, 0.3) is 0 Å². The van der Waals surface area contributed by atoms with Crippen LogP contribution in [0.2, 0.25) is 0 Å². The molecule has 4 heteroatoms. The average Bonchev–Trinajstić information content (AvgIpc) is 2.69. The van der Waals surface area contributed by atoms with Crippen molar-refractivity contribution in [3.05, 3.63) is 10.6 Å². The maximum atomic E-state index is 10.8. The summed E-state index contributed by atoms with van der Waals surface area (Å²) < 4.78 is 0. The summed E-state index contributed by atoms with van der Waals surface area (Å²) in [5.41, 5.74) is 0.917. The molecule has 1 rings (SSSR count). The molecule has 84 valence electrons. The van der Waals surface area contributed by atoms with Gasteiger partial charge in [-0.1, -0.05) is 25.2 Å². The van der Waals surface area contributed by atoms with E-state index in [0.29, 0.717) is 6.04 Å². The molecule has 1 aromatic rings. The molecule has 0 aliphatic heterocycles. The SMILES string of the molecule is CCc1nc(N(C)C(C)CC)sc1C=O. The van der Waals surface area contributed by atoms with E-state index in [0.717, 1.165) is 34.8 Å². The zero-order chi connectivity index (χ0) is 11.4. The Morgan fingerprint density at radius 3 is 2.60 bits per heavy atom. The van der Waals surface area contributed by atoms with Crippen LogP contribution in [-0.2, 0) is 6.42 Å². The number of hydrogen-bond donors (Lipinski definition) is 0. The highest BCUT2D eigenvalue weighted by Gasteiger charge is 2.15. The monoisotopic (exact) mass is 226 g/mol. The van der Waals surface area contributed by atoms with Crippen LogP contribution in [-0.4, -0.2) is 24.4 Å². The first kappa shape index (κ1) is 12.2. The fraction of sp³-hybridized carbons (Fsp3) is 0.636. The average molecular weight is 226 g/mol. The highest BCUT2D eigenvalue weighted by Crippen LogP contribution is 2.26. The van der Waals surface area contributed by atoms with E-state index < -0.39 is 0 Å².